The van der Waals surface area contributed by atoms with Crippen molar-refractivity contribution in [3.63, 3.8) is 0 Å². The van der Waals surface area contributed by atoms with Gasteiger partial charge in [-0.2, -0.15) is 0 Å². The zero-order valence-corrected chi connectivity index (χ0v) is 15.8. The predicted octanol–water partition coefficient (Wildman–Crippen LogP) is 1.73. The Labute approximate surface area is 165 Å². The summed E-state index contributed by atoms with van der Waals surface area (Å²) in [5.41, 5.74) is 2.62. The van der Waals surface area contributed by atoms with Gasteiger partial charge in [0, 0.05) is 5.56 Å². The Morgan fingerprint density at radius 1 is 1.07 bits per heavy atom. The quantitative estimate of drug-likeness (QED) is 0.808. The zero-order valence-electron chi connectivity index (χ0n) is 15.8. The van der Waals surface area contributed by atoms with Gasteiger partial charge < -0.3 is 14.5 Å². The van der Waals surface area contributed by atoms with Crippen LogP contribution in [-0.4, -0.2) is 49.5 Å². The van der Waals surface area contributed by atoms with Crippen molar-refractivity contribution < 1.29 is 19.2 Å². The number of hydrogen-bond donors (Lipinski definition) is 1. The monoisotopic (exact) mass is 377 g/mol. The fraction of sp³-hybridized carbons (Fsp3) is 0.304. The molecular formula is C23H25N2O3+. The normalized spacial score (nSPS) is 19.6. The van der Waals surface area contributed by atoms with E-state index < -0.39 is 6.10 Å². The molecule has 0 saturated carbocycles. The van der Waals surface area contributed by atoms with Gasteiger partial charge in [-0.1, -0.05) is 54.6 Å². The molecule has 1 N–H and O–H groups in total. The number of ether oxygens (including phenoxy) is 1. The van der Waals surface area contributed by atoms with Crippen LogP contribution in [0.3, 0.4) is 0 Å². The maximum Gasteiger partial charge on any atom is 0.339 e. The van der Waals surface area contributed by atoms with Crippen LogP contribution in [0.2, 0.25) is 0 Å². The Morgan fingerprint density at radius 2 is 1.79 bits per heavy atom. The van der Waals surface area contributed by atoms with Crippen molar-refractivity contribution in [1.29, 1.82) is 0 Å². The van der Waals surface area contributed by atoms with Crippen LogP contribution in [0.25, 0.3) is 6.08 Å². The number of cyclic esters (lactones) is 1. The Kier molecular flexibility index (Phi) is 5.53. The molecule has 2 aromatic rings. The summed E-state index contributed by atoms with van der Waals surface area (Å²) >= 11 is 0. The van der Waals surface area contributed by atoms with E-state index in [1.807, 2.05) is 41.3 Å². The SMILES string of the molecule is O=C1O[C@H](CC(=O)N2CC[NH+](C/C=C/c3ccccc3)CC2)c2ccccc21. The van der Waals surface area contributed by atoms with Gasteiger partial charge in [-0.3, -0.25) is 4.79 Å². The number of esters is 1. The number of hydrogen-bond acceptors (Lipinski definition) is 3. The fourth-order valence-electron chi connectivity index (χ4n) is 3.86. The van der Waals surface area contributed by atoms with Crippen molar-refractivity contribution in [2.45, 2.75) is 12.5 Å². The van der Waals surface area contributed by atoms with Gasteiger partial charge in [-0.15, -0.1) is 0 Å². The lowest BCUT2D eigenvalue weighted by Gasteiger charge is -2.32. The van der Waals surface area contributed by atoms with Crippen molar-refractivity contribution in [2.24, 2.45) is 0 Å². The lowest BCUT2D eigenvalue weighted by atomic mass is 10.0. The molecule has 4 rings (SSSR count). The molecule has 144 valence electrons. The molecule has 5 nitrogen and oxygen atoms in total. The standard InChI is InChI=1S/C23H24N2O3/c26-22(17-21-19-10-4-5-11-20(19)23(27)28-21)25-15-13-24(14-16-25)12-6-9-18-7-2-1-3-8-18/h1-11,21H,12-17H2/p+1/b9-6+/t21-/m1/s1. The minimum absolute atomic E-state index is 0.0633. The van der Waals surface area contributed by atoms with Crippen LogP contribution >= 0.6 is 0 Å². The largest absolute Gasteiger partial charge is 0.453 e. The van der Waals surface area contributed by atoms with E-state index in [-0.39, 0.29) is 18.3 Å². The van der Waals surface area contributed by atoms with E-state index in [0.717, 1.165) is 38.3 Å². The van der Waals surface area contributed by atoms with Crippen LogP contribution in [0.4, 0.5) is 0 Å². The number of carbonyl (C=O) groups excluding carboxylic acids is 2. The lowest BCUT2D eigenvalue weighted by molar-refractivity contribution is -0.898. The van der Waals surface area contributed by atoms with Gasteiger partial charge in [0.25, 0.3) is 0 Å². The first-order chi connectivity index (χ1) is 13.7. The van der Waals surface area contributed by atoms with Gasteiger partial charge in [0.05, 0.1) is 44.7 Å². The maximum atomic E-state index is 12.7. The summed E-state index contributed by atoms with van der Waals surface area (Å²) in [7, 11) is 0. The molecule has 0 aromatic heterocycles. The predicted molar refractivity (Wildman–Crippen MR) is 107 cm³/mol. The molecule has 1 amide bonds. The molecule has 1 saturated heterocycles. The minimum atomic E-state index is -0.449. The number of carbonyl (C=O) groups is 2. The average Bonchev–Trinajstić information content (AvgIpc) is 3.05. The van der Waals surface area contributed by atoms with Crippen LogP contribution in [-0.2, 0) is 9.53 Å². The topological polar surface area (TPSA) is 51.1 Å². The molecule has 0 aliphatic carbocycles. The highest BCUT2D eigenvalue weighted by Crippen LogP contribution is 2.33. The molecule has 1 fully saturated rings. The fourth-order valence-corrected chi connectivity index (χ4v) is 3.86. The van der Waals surface area contributed by atoms with E-state index in [2.05, 4.69) is 24.3 Å². The van der Waals surface area contributed by atoms with Crippen molar-refractivity contribution in [3.05, 3.63) is 77.4 Å². The highest BCUT2D eigenvalue weighted by molar-refractivity contribution is 5.94. The molecule has 28 heavy (non-hydrogen) atoms. The molecule has 0 bridgehead atoms. The van der Waals surface area contributed by atoms with Crippen LogP contribution in [0.15, 0.2) is 60.7 Å². The Bertz CT molecular complexity index is 870. The number of nitrogens with zero attached hydrogens (tertiary/aromatic N) is 1. The smallest absolute Gasteiger partial charge is 0.339 e. The third-order valence-electron chi connectivity index (χ3n) is 5.48. The third-order valence-corrected chi connectivity index (χ3v) is 5.48. The van der Waals surface area contributed by atoms with Gasteiger partial charge in [-0.05, 0) is 17.7 Å². The molecule has 2 aliphatic rings. The third kappa shape index (κ3) is 4.15. The summed E-state index contributed by atoms with van der Waals surface area (Å²) in [5.74, 6) is -0.263. The Balaban J connectivity index is 1.26. The molecule has 2 heterocycles. The summed E-state index contributed by atoms with van der Waals surface area (Å²) in [4.78, 5) is 28.0. The summed E-state index contributed by atoms with van der Waals surface area (Å²) in [6.07, 6.45) is 4.13. The first-order valence-electron chi connectivity index (χ1n) is 9.83. The highest BCUT2D eigenvalue weighted by atomic mass is 16.5. The average molecular weight is 377 g/mol. The molecule has 2 aromatic carbocycles. The molecular weight excluding hydrogens is 352 g/mol. The van der Waals surface area contributed by atoms with Crippen molar-refractivity contribution in [1.82, 2.24) is 4.90 Å². The number of benzene rings is 2. The van der Waals surface area contributed by atoms with E-state index in [0.29, 0.717) is 5.56 Å². The number of amides is 1. The number of nitrogens with one attached hydrogen (secondary N) is 1. The molecule has 1 atom stereocenters. The molecule has 0 unspecified atom stereocenters. The van der Waals surface area contributed by atoms with E-state index in [4.69, 9.17) is 4.74 Å². The van der Waals surface area contributed by atoms with Gasteiger partial charge >= 0.3 is 5.97 Å². The second-order valence-electron chi connectivity index (χ2n) is 7.33. The van der Waals surface area contributed by atoms with Crippen molar-refractivity contribution in [3.8, 4) is 0 Å². The zero-order chi connectivity index (χ0) is 19.3. The van der Waals surface area contributed by atoms with E-state index in [1.54, 1.807) is 6.07 Å². The summed E-state index contributed by atoms with van der Waals surface area (Å²) in [5, 5.41) is 0. The van der Waals surface area contributed by atoms with Gasteiger partial charge in [0.1, 0.15) is 6.10 Å². The lowest BCUT2D eigenvalue weighted by Crippen LogP contribution is -3.14. The second-order valence-corrected chi connectivity index (χ2v) is 7.33. The Hall–Kier alpha value is -2.92. The minimum Gasteiger partial charge on any atom is -0.453 e. The molecule has 0 radical (unpaired) electrons. The van der Waals surface area contributed by atoms with Gasteiger partial charge in [-0.25, -0.2) is 4.79 Å². The van der Waals surface area contributed by atoms with Crippen LogP contribution in [0.5, 0.6) is 0 Å². The van der Waals surface area contributed by atoms with Gasteiger partial charge in [0.15, 0.2) is 0 Å². The summed E-state index contributed by atoms with van der Waals surface area (Å²) in [6, 6.07) is 17.6. The number of rotatable bonds is 5. The van der Waals surface area contributed by atoms with Crippen molar-refractivity contribution >= 4 is 18.0 Å². The maximum absolute atomic E-state index is 12.7. The molecule has 5 heteroatoms. The van der Waals surface area contributed by atoms with Crippen LogP contribution in [0, 0.1) is 0 Å². The first kappa shape index (κ1) is 18.4. The van der Waals surface area contributed by atoms with Crippen LogP contribution in [0.1, 0.15) is 34.0 Å². The number of piperazine rings is 1. The molecule has 2 aliphatic heterocycles. The summed E-state index contributed by atoms with van der Waals surface area (Å²) < 4.78 is 5.41. The van der Waals surface area contributed by atoms with E-state index >= 15 is 0 Å². The molecule has 0 spiro atoms. The number of fused-ring (bicyclic) bond motifs is 1. The Morgan fingerprint density at radius 3 is 2.57 bits per heavy atom. The first-order valence-corrected chi connectivity index (χ1v) is 9.83. The van der Waals surface area contributed by atoms with E-state index in [9.17, 15) is 9.59 Å². The van der Waals surface area contributed by atoms with E-state index in [1.165, 1.54) is 10.5 Å². The highest BCUT2D eigenvalue weighted by Gasteiger charge is 2.34. The number of quaternary nitrogens is 1. The second kappa shape index (κ2) is 8.40. The van der Waals surface area contributed by atoms with Crippen LogP contribution < -0.4 is 4.90 Å². The summed E-state index contributed by atoms with van der Waals surface area (Å²) in [6.45, 7) is 4.33. The van der Waals surface area contributed by atoms with Gasteiger partial charge in [0.2, 0.25) is 5.91 Å². The van der Waals surface area contributed by atoms with Crippen molar-refractivity contribution in [2.75, 3.05) is 32.7 Å².